The van der Waals surface area contributed by atoms with Gasteiger partial charge >= 0.3 is 6.18 Å². The number of nitrogens with zero attached hydrogens (tertiary/aromatic N) is 1. The van der Waals surface area contributed by atoms with Gasteiger partial charge in [-0.2, -0.15) is 13.2 Å². The SMILES string of the molecule is COc1ccc(C2/C(=C(\O)c3ccccc3OC)C(=O)C(=O)N2Cc2cccc(C(F)(F)F)c2)cc1. The molecule has 1 unspecified atom stereocenters. The quantitative estimate of drug-likeness (QED) is 0.283. The number of hydrogen-bond donors (Lipinski definition) is 1. The van der Waals surface area contributed by atoms with Gasteiger partial charge in [-0.25, -0.2) is 0 Å². The third kappa shape index (κ3) is 4.64. The molecule has 9 heteroatoms. The molecule has 3 aromatic carbocycles. The third-order valence-electron chi connectivity index (χ3n) is 5.94. The molecule has 0 aliphatic carbocycles. The van der Waals surface area contributed by atoms with Crippen LogP contribution in [-0.2, 0) is 22.3 Å². The van der Waals surface area contributed by atoms with Crippen molar-refractivity contribution in [1.29, 1.82) is 0 Å². The van der Waals surface area contributed by atoms with E-state index in [0.29, 0.717) is 11.3 Å². The Bertz CT molecular complexity index is 1330. The van der Waals surface area contributed by atoms with Gasteiger partial charge < -0.3 is 19.5 Å². The summed E-state index contributed by atoms with van der Waals surface area (Å²) in [6.07, 6.45) is -4.57. The van der Waals surface area contributed by atoms with E-state index < -0.39 is 35.2 Å². The maximum Gasteiger partial charge on any atom is 0.416 e. The lowest BCUT2D eigenvalue weighted by Crippen LogP contribution is -2.29. The summed E-state index contributed by atoms with van der Waals surface area (Å²) in [6, 6.07) is 16.5. The van der Waals surface area contributed by atoms with Gasteiger partial charge in [-0.15, -0.1) is 0 Å². The Morgan fingerprint density at radius 1 is 0.944 bits per heavy atom. The zero-order valence-corrected chi connectivity index (χ0v) is 19.4. The zero-order valence-electron chi connectivity index (χ0n) is 19.4. The number of rotatable bonds is 6. The van der Waals surface area contributed by atoms with Gasteiger partial charge in [-0.1, -0.05) is 36.4 Å². The average Bonchev–Trinajstić information content (AvgIpc) is 3.13. The lowest BCUT2D eigenvalue weighted by molar-refractivity contribution is -0.140. The van der Waals surface area contributed by atoms with Gasteiger partial charge in [-0.3, -0.25) is 9.59 Å². The standard InChI is InChI=1S/C27H22F3NO5/c1-35-19-12-10-17(11-13-19)23-22(24(32)20-8-3-4-9-21(20)36-2)25(33)26(34)31(23)15-16-6-5-7-18(14-16)27(28,29)30/h3-14,23,32H,15H2,1-2H3/b24-22+. The van der Waals surface area contributed by atoms with Gasteiger partial charge in [0.15, 0.2) is 0 Å². The number of ether oxygens (including phenoxy) is 2. The predicted molar refractivity (Wildman–Crippen MR) is 125 cm³/mol. The van der Waals surface area contributed by atoms with E-state index in [-0.39, 0.29) is 29.0 Å². The molecule has 0 radical (unpaired) electrons. The smallest absolute Gasteiger partial charge is 0.416 e. The number of carbonyl (C=O) groups excluding carboxylic acids is 2. The molecular formula is C27H22F3NO5. The van der Waals surface area contributed by atoms with Crippen LogP contribution < -0.4 is 9.47 Å². The second-order valence-electron chi connectivity index (χ2n) is 8.10. The molecule has 36 heavy (non-hydrogen) atoms. The highest BCUT2D eigenvalue weighted by Gasteiger charge is 2.46. The van der Waals surface area contributed by atoms with E-state index in [4.69, 9.17) is 9.47 Å². The molecule has 1 amide bonds. The number of ketones is 1. The van der Waals surface area contributed by atoms with Crippen LogP contribution in [0.2, 0.25) is 0 Å². The van der Waals surface area contributed by atoms with Crippen LogP contribution in [0, 0.1) is 0 Å². The van der Waals surface area contributed by atoms with Crippen LogP contribution in [0.25, 0.3) is 5.76 Å². The molecule has 0 bridgehead atoms. The molecular weight excluding hydrogens is 475 g/mol. The van der Waals surface area contributed by atoms with Crippen molar-refractivity contribution in [2.24, 2.45) is 0 Å². The number of benzene rings is 3. The molecule has 1 heterocycles. The van der Waals surface area contributed by atoms with Crippen molar-refractivity contribution in [3.63, 3.8) is 0 Å². The minimum absolute atomic E-state index is 0.183. The van der Waals surface area contributed by atoms with Gasteiger partial charge in [0, 0.05) is 6.54 Å². The molecule has 0 saturated carbocycles. The predicted octanol–water partition coefficient (Wildman–Crippen LogP) is 5.34. The Balaban J connectivity index is 1.86. The molecule has 1 atom stereocenters. The summed E-state index contributed by atoms with van der Waals surface area (Å²) in [4.78, 5) is 27.5. The van der Waals surface area contributed by atoms with Crippen molar-refractivity contribution in [2.45, 2.75) is 18.8 Å². The van der Waals surface area contributed by atoms with Crippen molar-refractivity contribution < 1.29 is 37.3 Å². The Morgan fingerprint density at radius 2 is 1.64 bits per heavy atom. The number of alkyl halides is 3. The Labute approximate surface area is 205 Å². The minimum atomic E-state index is -4.57. The van der Waals surface area contributed by atoms with Crippen LogP contribution in [-0.4, -0.2) is 35.9 Å². The monoisotopic (exact) mass is 497 g/mol. The molecule has 186 valence electrons. The van der Waals surface area contributed by atoms with Gasteiger partial charge in [-0.05, 0) is 47.5 Å². The first kappa shape index (κ1) is 24.8. The number of likely N-dealkylation sites (tertiary alicyclic amines) is 1. The fraction of sp³-hybridized carbons (Fsp3) is 0.185. The largest absolute Gasteiger partial charge is 0.507 e. The summed E-state index contributed by atoms with van der Waals surface area (Å²) in [5, 5.41) is 11.2. The molecule has 1 saturated heterocycles. The minimum Gasteiger partial charge on any atom is -0.507 e. The number of aliphatic hydroxyl groups is 1. The van der Waals surface area contributed by atoms with Crippen molar-refractivity contribution in [3.8, 4) is 11.5 Å². The Hall–Kier alpha value is -4.27. The second-order valence-corrected chi connectivity index (χ2v) is 8.10. The number of amides is 1. The fourth-order valence-electron chi connectivity index (χ4n) is 4.20. The summed E-state index contributed by atoms with van der Waals surface area (Å²) in [7, 11) is 2.88. The van der Waals surface area contributed by atoms with E-state index in [1.54, 1.807) is 48.5 Å². The number of aliphatic hydroxyl groups excluding tert-OH is 1. The topological polar surface area (TPSA) is 76.1 Å². The van der Waals surface area contributed by atoms with Crippen LogP contribution in [0.1, 0.15) is 28.3 Å². The average molecular weight is 497 g/mol. The van der Waals surface area contributed by atoms with Crippen LogP contribution in [0.15, 0.2) is 78.4 Å². The van der Waals surface area contributed by atoms with Crippen LogP contribution >= 0.6 is 0 Å². The number of carbonyl (C=O) groups is 2. The van der Waals surface area contributed by atoms with Gasteiger partial charge in [0.25, 0.3) is 11.7 Å². The molecule has 6 nitrogen and oxygen atoms in total. The molecule has 0 aromatic heterocycles. The molecule has 1 fully saturated rings. The highest BCUT2D eigenvalue weighted by Crippen LogP contribution is 2.42. The van der Waals surface area contributed by atoms with E-state index >= 15 is 0 Å². The first-order chi connectivity index (χ1) is 17.2. The van der Waals surface area contributed by atoms with E-state index in [1.807, 2.05) is 0 Å². The van der Waals surface area contributed by atoms with E-state index in [0.717, 1.165) is 17.0 Å². The highest BCUT2D eigenvalue weighted by atomic mass is 19.4. The van der Waals surface area contributed by atoms with E-state index in [1.165, 1.54) is 26.4 Å². The van der Waals surface area contributed by atoms with Crippen molar-refractivity contribution in [2.75, 3.05) is 14.2 Å². The number of methoxy groups -OCH3 is 2. The summed E-state index contributed by atoms with van der Waals surface area (Å²) in [6.45, 7) is -0.284. The molecule has 0 spiro atoms. The second kappa shape index (κ2) is 9.77. The summed E-state index contributed by atoms with van der Waals surface area (Å²) >= 11 is 0. The molecule has 3 aromatic rings. The lowest BCUT2D eigenvalue weighted by atomic mass is 9.94. The van der Waals surface area contributed by atoms with Gasteiger partial charge in [0.2, 0.25) is 0 Å². The Morgan fingerprint density at radius 3 is 2.28 bits per heavy atom. The van der Waals surface area contributed by atoms with Crippen molar-refractivity contribution in [1.82, 2.24) is 4.90 Å². The van der Waals surface area contributed by atoms with E-state index in [9.17, 15) is 27.9 Å². The van der Waals surface area contributed by atoms with Gasteiger partial charge in [0.05, 0.1) is 37.0 Å². The molecule has 1 N–H and O–H groups in total. The van der Waals surface area contributed by atoms with E-state index in [2.05, 4.69) is 0 Å². The molecule has 1 aliphatic heterocycles. The molecule has 1 aliphatic rings. The van der Waals surface area contributed by atoms with Crippen LogP contribution in [0.5, 0.6) is 11.5 Å². The normalized spacial score (nSPS) is 17.4. The Kier molecular flexibility index (Phi) is 6.74. The third-order valence-corrected chi connectivity index (χ3v) is 5.94. The van der Waals surface area contributed by atoms with Crippen molar-refractivity contribution in [3.05, 3.63) is 101 Å². The summed E-state index contributed by atoms with van der Waals surface area (Å²) in [5.41, 5.74) is -0.204. The summed E-state index contributed by atoms with van der Waals surface area (Å²) in [5.74, 6) is -1.53. The maximum atomic E-state index is 13.3. The molecule has 4 rings (SSSR count). The van der Waals surface area contributed by atoms with Crippen molar-refractivity contribution >= 4 is 17.4 Å². The first-order valence-electron chi connectivity index (χ1n) is 10.9. The zero-order chi connectivity index (χ0) is 26.0. The summed E-state index contributed by atoms with van der Waals surface area (Å²) < 4.78 is 50.3. The van der Waals surface area contributed by atoms with Gasteiger partial charge in [0.1, 0.15) is 17.3 Å². The lowest BCUT2D eigenvalue weighted by Gasteiger charge is -2.26. The van der Waals surface area contributed by atoms with Crippen LogP contribution in [0.4, 0.5) is 13.2 Å². The number of hydrogen-bond acceptors (Lipinski definition) is 5. The fourth-order valence-corrected chi connectivity index (χ4v) is 4.20. The van der Waals surface area contributed by atoms with Crippen LogP contribution in [0.3, 0.4) is 0 Å². The maximum absolute atomic E-state index is 13.3. The number of Topliss-reactive ketones (excluding diaryl/α,β-unsaturated/α-hetero) is 1. The first-order valence-corrected chi connectivity index (χ1v) is 10.9. The highest BCUT2D eigenvalue weighted by molar-refractivity contribution is 6.46. The number of halogens is 3. The number of para-hydroxylation sites is 1.